The predicted molar refractivity (Wildman–Crippen MR) is 74.2 cm³/mol. The van der Waals surface area contributed by atoms with Crippen molar-refractivity contribution in [1.82, 2.24) is 4.98 Å². The Labute approximate surface area is 112 Å². The first kappa shape index (κ1) is 13.8. The van der Waals surface area contributed by atoms with E-state index >= 15 is 0 Å². The van der Waals surface area contributed by atoms with Crippen molar-refractivity contribution in [3.8, 4) is 0 Å². The molecule has 1 aromatic carbocycles. The summed E-state index contributed by atoms with van der Waals surface area (Å²) >= 11 is 0. The third-order valence-electron chi connectivity index (χ3n) is 2.93. The Morgan fingerprint density at radius 3 is 3.00 bits per heavy atom. The number of fused-ring (bicyclic) bond motifs is 1. The van der Waals surface area contributed by atoms with Gasteiger partial charge in [0, 0.05) is 24.7 Å². The van der Waals surface area contributed by atoms with Crippen LogP contribution in [0.15, 0.2) is 22.6 Å². The predicted octanol–water partition coefficient (Wildman–Crippen LogP) is 1.94. The van der Waals surface area contributed by atoms with E-state index in [-0.39, 0.29) is 6.61 Å². The van der Waals surface area contributed by atoms with E-state index in [4.69, 9.17) is 9.52 Å². The first-order chi connectivity index (χ1) is 9.22. The molecule has 2 rings (SSSR count). The molecule has 0 aliphatic carbocycles. The molecule has 0 aliphatic heterocycles. The molecule has 0 radical (unpaired) electrons. The van der Waals surface area contributed by atoms with Crippen LogP contribution < -0.4 is 5.32 Å². The second-order valence-electron chi connectivity index (χ2n) is 4.61. The third-order valence-corrected chi connectivity index (χ3v) is 2.93. The van der Waals surface area contributed by atoms with Crippen LogP contribution in [0.3, 0.4) is 0 Å². The largest absolute Gasteiger partial charge is 0.441 e. The Balaban J connectivity index is 2.07. The highest BCUT2D eigenvalue weighted by Crippen LogP contribution is 2.21. The van der Waals surface area contributed by atoms with Crippen LogP contribution in [0.1, 0.15) is 25.7 Å². The molecular formula is C14H20N2O3. The summed E-state index contributed by atoms with van der Waals surface area (Å²) in [7, 11) is 0. The number of benzene rings is 1. The molecule has 0 amide bonds. The maximum atomic E-state index is 9.29. The second-order valence-corrected chi connectivity index (χ2v) is 4.61. The Morgan fingerprint density at radius 2 is 2.26 bits per heavy atom. The number of aromatic nitrogens is 1. The summed E-state index contributed by atoms with van der Waals surface area (Å²) in [6, 6.07) is 5.64. The number of aryl methyl sites for hydroxylation is 1. The molecule has 0 fully saturated rings. The highest BCUT2D eigenvalue weighted by molar-refractivity contribution is 5.77. The van der Waals surface area contributed by atoms with E-state index < -0.39 is 6.10 Å². The Bertz CT molecular complexity index is 524. The highest BCUT2D eigenvalue weighted by Gasteiger charge is 2.07. The lowest BCUT2D eigenvalue weighted by molar-refractivity contribution is 0.105. The number of hydrogen-bond donors (Lipinski definition) is 3. The molecule has 0 saturated heterocycles. The Morgan fingerprint density at radius 1 is 1.42 bits per heavy atom. The summed E-state index contributed by atoms with van der Waals surface area (Å²) < 4.78 is 5.68. The zero-order chi connectivity index (χ0) is 13.7. The smallest absolute Gasteiger partial charge is 0.195 e. The van der Waals surface area contributed by atoms with E-state index in [2.05, 4.69) is 17.2 Å². The molecule has 0 saturated carbocycles. The molecule has 0 aliphatic rings. The van der Waals surface area contributed by atoms with E-state index in [0.717, 1.165) is 41.9 Å². The maximum Gasteiger partial charge on any atom is 0.195 e. The average Bonchev–Trinajstić information content (AvgIpc) is 2.84. The van der Waals surface area contributed by atoms with Crippen LogP contribution in [0.4, 0.5) is 5.69 Å². The second kappa shape index (κ2) is 6.54. The summed E-state index contributed by atoms with van der Waals surface area (Å²) in [5.41, 5.74) is 2.44. The van der Waals surface area contributed by atoms with Crippen LogP contribution in [0, 0.1) is 0 Å². The van der Waals surface area contributed by atoms with Crippen LogP contribution in [0.25, 0.3) is 11.1 Å². The van der Waals surface area contributed by atoms with E-state index in [9.17, 15) is 5.11 Å². The fraction of sp³-hybridized carbons (Fsp3) is 0.500. The van der Waals surface area contributed by atoms with Gasteiger partial charge < -0.3 is 19.9 Å². The number of nitrogens with one attached hydrogen (secondary N) is 1. The minimum Gasteiger partial charge on any atom is -0.441 e. The van der Waals surface area contributed by atoms with Crippen LogP contribution in [0.5, 0.6) is 0 Å². The van der Waals surface area contributed by atoms with Gasteiger partial charge in [0.15, 0.2) is 11.5 Å². The van der Waals surface area contributed by atoms with Gasteiger partial charge in [-0.15, -0.1) is 0 Å². The van der Waals surface area contributed by atoms with Gasteiger partial charge in [0.25, 0.3) is 0 Å². The number of aliphatic hydroxyl groups excluding tert-OH is 2. The quantitative estimate of drug-likeness (QED) is 0.712. The zero-order valence-corrected chi connectivity index (χ0v) is 11.1. The molecule has 1 aromatic heterocycles. The molecule has 5 nitrogen and oxygen atoms in total. The standard InChI is InChI=1S/C14H20N2O3/c1-2-3-4-14-16-12-6-5-10(7-13(12)19-14)15-8-11(18)9-17/h5-7,11,15,17-18H,2-4,8-9H2,1H3. The van der Waals surface area contributed by atoms with Gasteiger partial charge in [-0.2, -0.15) is 0 Å². The van der Waals surface area contributed by atoms with Crippen molar-refractivity contribution in [3.63, 3.8) is 0 Å². The van der Waals surface area contributed by atoms with Crippen molar-refractivity contribution in [3.05, 3.63) is 24.1 Å². The molecule has 1 atom stereocenters. The molecule has 19 heavy (non-hydrogen) atoms. The lowest BCUT2D eigenvalue weighted by Gasteiger charge is -2.09. The summed E-state index contributed by atoms with van der Waals surface area (Å²) in [6.45, 7) is 2.19. The number of hydrogen-bond acceptors (Lipinski definition) is 5. The first-order valence-corrected chi connectivity index (χ1v) is 6.65. The van der Waals surface area contributed by atoms with Crippen molar-refractivity contribution in [2.75, 3.05) is 18.5 Å². The van der Waals surface area contributed by atoms with E-state index in [1.54, 1.807) is 0 Å². The normalized spacial score (nSPS) is 12.8. The molecule has 5 heteroatoms. The number of aliphatic hydroxyl groups is 2. The maximum absolute atomic E-state index is 9.29. The monoisotopic (exact) mass is 264 g/mol. The summed E-state index contributed by atoms with van der Waals surface area (Å²) in [5.74, 6) is 0.768. The lowest BCUT2D eigenvalue weighted by atomic mass is 10.2. The van der Waals surface area contributed by atoms with E-state index in [1.807, 2.05) is 18.2 Å². The lowest BCUT2D eigenvalue weighted by Crippen LogP contribution is -2.22. The van der Waals surface area contributed by atoms with Crippen LogP contribution in [-0.2, 0) is 6.42 Å². The highest BCUT2D eigenvalue weighted by atomic mass is 16.3. The van der Waals surface area contributed by atoms with Gasteiger partial charge in [0.2, 0.25) is 0 Å². The van der Waals surface area contributed by atoms with Gasteiger partial charge >= 0.3 is 0 Å². The number of oxazole rings is 1. The number of anilines is 1. The molecule has 104 valence electrons. The first-order valence-electron chi connectivity index (χ1n) is 6.65. The molecular weight excluding hydrogens is 244 g/mol. The summed E-state index contributed by atoms with van der Waals surface area (Å²) in [4.78, 5) is 4.42. The minimum absolute atomic E-state index is 0.251. The number of unbranched alkanes of at least 4 members (excludes halogenated alkanes) is 1. The Kier molecular flexibility index (Phi) is 4.76. The SMILES string of the molecule is CCCCc1nc2ccc(NCC(O)CO)cc2o1. The van der Waals surface area contributed by atoms with Gasteiger partial charge in [-0.05, 0) is 18.6 Å². The van der Waals surface area contributed by atoms with Crippen LogP contribution in [0.2, 0.25) is 0 Å². The molecule has 1 heterocycles. The van der Waals surface area contributed by atoms with Crippen molar-refractivity contribution in [2.45, 2.75) is 32.3 Å². The molecule has 3 N–H and O–H groups in total. The van der Waals surface area contributed by atoms with E-state index in [0.29, 0.717) is 6.54 Å². The van der Waals surface area contributed by atoms with Gasteiger partial charge in [0.1, 0.15) is 5.52 Å². The van der Waals surface area contributed by atoms with Crippen LogP contribution in [-0.4, -0.2) is 34.5 Å². The van der Waals surface area contributed by atoms with E-state index in [1.165, 1.54) is 0 Å². The van der Waals surface area contributed by atoms with Crippen molar-refractivity contribution < 1.29 is 14.6 Å². The number of nitrogens with zero attached hydrogens (tertiary/aromatic N) is 1. The summed E-state index contributed by atoms with van der Waals surface area (Å²) in [5, 5.41) is 21.1. The minimum atomic E-state index is -0.759. The topological polar surface area (TPSA) is 78.5 Å². The fourth-order valence-corrected chi connectivity index (χ4v) is 1.82. The van der Waals surface area contributed by atoms with Gasteiger partial charge in [-0.3, -0.25) is 0 Å². The van der Waals surface area contributed by atoms with Crippen LogP contribution >= 0.6 is 0 Å². The van der Waals surface area contributed by atoms with Crippen molar-refractivity contribution >= 4 is 16.8 Å². The van der Waals surface area contributed by atoms with Gasteiger partial charge in [-0.1, -0.05) is 13.3 Å². The molecule has 1 unspecified atom stereocenters. The number of rotatable bonds is 7. The zero-order valence-electron chi connectivity index (χ0n) is 11.1. The summed E-state index contributed by atoms with van der Waals surface area (Å²) in [6.07, 6.45) is 2.29. The van der Waals surface area contributed by atoms with Gasteiger partial charge in [-0.25, -0.2) is 4.98 Å². The van der Waals surface area contributed by atoms with Crippen molar-refractivity contribution in [1.29, 1.82) is 0 Å². The van der Waals surface area contributed by atoms with Crippen molar-refractivity contribution in [2.24, 2.45) is 0 Å². The van der Waals surface area contributed by atoms with Gasteiger partial charge in [0.05, 0.1) is 12.7 Å². The molecule has 0 bridgehead atoms. The Hall–Kier alpha value is -1.59. The molecule has 2 aromatic rings. The third kappa shape index (κ3) is 3.68. The fourth-order valence-electron chi connectivity index (χ4n) is 1.82. The molecule has 0 spiro atoms. The average molecular weight is 264 g/mol.